The molecule has 1 atom stereocenters. The van der Waals surface area contributed by atoms with Crippen molar-refractivity contribution in [2.75, 3.05) is 26.7 Å². The van der Waals surface area contributed by atoms with Crippen molar-refractivity contribution in [2.24, 2.45) is 18.0 Å². The molecule has 1 saturated heterocycles. The fourth-order valence-corrected chi connectivity index (χ4v) is 5.02. The van der Waals surface area contributed by atoms with Crippen LogP contribution in [0, 0.1) is 5.92 Å². The number of hydrogen-bond donors (Lipinski definition) is 2. The molecule has 1 fully saturated rings. The largest absolute Gasteiger partial charge is 0.354 e. The number of aryl methyl sites for hydroxylation is 1. The fourth-order valence-electron chi connectivity index (χ4n) is 4.16. The Hall–Kier alpha value is -2.38. The van der Waals surface area contributed by atoms with E-state index in [-0.39, 0.29) is 0 Å². The SMILES string of the molecule is CN=C(NCc1nc2ccccc2n1C)NCC(c1cccs1)N1CCC(C)CC1. The number of imidazole rings is 1. The lowest BCUT2D eigenvalue weighted by Gasteiger charge is -2.36. The van der Waals surface area contributed by atoms with Gasteiger partial charge in [0.05, 0.1) is 23.6 Å². The van der Waals surface area contributed by atoms with Gasteiger partial charge in [-0.05, 0) is 55.4 Å². The summed E-state index contributed by atoms with van der Waals surface area (Å²) in [7, 11) is 3.89. The first-order valence-electron chi connectivity index (χ1n) is 10.8. The molecule has 6 nitrogen and oxygen atoms in total. The average molecular weight is 425 g/mol. The summed E-state index contributed by atoms with van der Waals surface area (Å²) in [5.74, 6) is 2.65. The highest BCUT2D eigenvalue weighted by Gasteiger charge is 2.25. The molecule has 3 heterocycles. The fraction of sp³-hybridized carbons (Fsp3) is 0.478. The molecule has 0 radical (unpaired) electrons. The van der Waals surface area contributed by atoms with Crippen LogP contribution < -0.4 is 10.6 Å². The van der Waals surface area contributed by atoms with Crippen LogP contribution in [0.25, 0.3) is 11.0 Å². The van der Waals surface area contributed by atoms with E-state index in [2.05, 4.69) is 68.7 Å². The molecule has 2 N–H and O–H groups in total. The van der Waals surface area contributed by atoms with Crippen molar-refractivity contribution in [3.8, 4) is 0 Å². The number of benzene rings is 1. The third-order valence-electron chi connectivity index (χ3n) is 6.11. The number of hydrogen-bond acceptors (Lipinski definition) is 4. The number of nitrogens with one attached hydrogen (secondary N) is 2. The first kappa shape index (κ1) is 20.9. The first-order valence-corrected chi connectivity index (χ1v) is 11.7. The molecular formula is C23H32N6S. The number of thiophene rings is 1. The number of rotatable bonds is 6. The van der Waals surface area contributed by atoms with Gasteiger partial charge in [-0.15, -0.1) is 11.3 Å². The van der Waals surface area contributed by atoms with Crippen LogP contribution >= 0.6 is 11.3 Å². The quantitative estimate of drug-likeness (QED) is 0.467. The Labute approximate surface area is 183 Å². The average Bonchev–Trinajstić information content (AvgIpc) is 3.40. The van der Waals surface area contributed by atoms with Crippen LogP contribution in [0.3, 0.4) is 0 Å². The van der Waals surface area contributed by atoms with E-state index < -0.39 is 0 Å². The molecule has 1 unspecified atom stereocenters. The summed E-state index contributed by atoms with van der Waals surface area (Å²) < 4.78 is 2.14. The van der Waals surface area contributed by atoms with Crippen LogP contribution in [-0.4, -0.2) is 47.1 Å². The van der Waals surface area contributed by atoms with Crippen molar-refractivity contribution in [2.45, 2.75) is 32.4 Å². The molecule has 0 aliphatic carbocycles. The Morgan fingerprint density at radius 2 is 2.00 bits per heavy atom. The molecule has 4 rings (SSSR count). The van der Waals surface area contributed by atoms with Crippen molar-refractivity contribution < 1.29 is 0 Å². The van der Waals surface area contributed by atoms with E-state index in [9.17, 15) is 0 Å². The van der Waals surface area contributed by atoms with E-state index in [1.165, 1.54) is 17.7 Å². The standard InChI is InChI=1S/C23H32N6S/c1-17-10-12-29(13-11-17)20(21-9-6-14-30-21)15-25-23(24-2)26-16-22-27-18-7-4-5-8-19(18)28(22)3/h4-9,14,17,20H,10-13,15-16H2,1-3H3,(H2,24,25,26). The summed E-state index contributed by atoms with van der Waals surface area (Å²) in [5, 5.41) is 9.17. The summed E-state index contributed by atoms with van der Waals surface area (Å²) in [6.45, 7) is 6.17. The van der Waals surface area contributed by atoms with Gasteiger partial charge in [0.1, 0.15) is 5.82 Å². The second-order valence-corrected chi connectivity index (χ2v) is 9.11. The van der Waals surface area contributed by atoms with Gasteiger partial charge < -0.3 is 15.2 Å². The highest BCUT2D eigenvalue weighted by Crippen LogP contribution is 2.29. The Bertz CT molecular complexity index is 969. The van der Waals surface area contributed by atoms with Crippen molar-refractivity contribution in [1.29, 1.82) is 0 Å². The van der Waals surface area contributed by atoms with Crippen LogP contribution in [0.5, 0.6) is 0 Å². The van der Waals surface area contributed by atoms with Gasteiger partial charge in [-0.3, -0.25) is 9.89 Å². The summed E-state index contributed by atoms with van der Waals surface area (Å²) in [6.07, 6.45) is 2.56. The lowest BCUT2D eigenvalue weighted by molar-refractivity contribution is 0.140. The molecule has 1 aromatic carbocycles. The second kappa shape index (κ2) is 9.62. The van der Waals surface area contributed by atoms with E-state index >= 15 is 0 Å². The van der Waals surface area contributed by atoms with Crippen LogP contribution in [0.2, 0.25) is 0 Å². The lowest BCUT2D eigenvalue weighted by Crippen LogP contribution is -2.44. The highest BCUT2D eigenvalue weighted by atomic mass is 32.1. The second-order valence-electron chi connectivity index (χ2n) is 8.13. The number of aliphatic imine (C=N–C) groups is 1. The van der Waals surface area contributed by atoms with Gasteiger partial charge in [0.15, 0.2) is 5.96 Å². The summed E-state index contributed by atoms with van der Waals surface area (Å²) in [5.41, 5.74) is 2.17. The molecule has 1 aliphatic rings. The van der Waals surface area contributed by atoms with Crippen LogP contribution in [-0.2, 0) is 13.6 Å². The highest BCUT2D eigenvalue weighted by molar-refractivity contribution is 7.10. The monoisotopic (exact) mass is 424 g/mol. The third-order valence-corrected chi connectivity index (χ3v) is 7.08. The number of aromatic nitrogens is 2. The molecule has 2 aromatic heterocycles. The predicted octanol–water partition coefficient (Wildman–Crippen LogP) is 3.77. The maximum Gasteiger partial charge on any atom is 0.191 e. The van der Waals surface area contributed by atoms with Crippen molar-refractivity contribution in [3.05, 3.63) is 52.5 Å². The molecule has 1 aliphatic heterocycles. The number of guanidine groups is 1. The van der Waals surface area contributed by atoms with E-state index in [1.807, 2.05) is 30.5 Å². The minimum absolute atomic E-state index is 0.381. The zero-order valence-corrected chi connectivity index (χ0v) is 19.0. The number of likely N-dealkylation sites (tertiary alicyclic amines) is 1. The van der Waals surface area contributed by atoms with Gasteiger partial charge in [-0.25, -0.2) is 4.98 Å². The van der Waals surface area contributed by atoms with Gasteiger partial charge in [-0.2, -0.15) is 0 Å². The number of fused-ring (bicyclic) bond motifs is 1. The zero-order valence-electron chi connectivity index (χ0n) is 18.1. The van der Waals surface area contributed by atoms with Gasteiger partial charge >= 0.3 is 0 Å². The van der Waals surface area contributed by atoms with E-state index in [0.29, 0.717) is 12.6 Å². The Balaban J connectivity index is 1.39. The van der Waals surface area contributed by atoms with E-state index in [1.54, 1.807) is 0 Å². The molecule has 3 aromatic rings. The molecule has 0 spiro atoms. The minimum Gasteiger partial charge on any atom is -0.354 e. The van der Waals surface area contributed by atoms with Crippen LogP contribution in [0.4, 0.5) is 0 Å². The maximum atomic E-state index is 4.75. The molecular weight excluding hydrogens is 392 g/mol. The molecule has 0 bridgehead atoms. The topological polar surface area (TPSA) is 57.5 Å². The number of para-hydroxylation sites is 2. The normalized spacial score (nSPS) is 17.4. The Morgan fingerprint density at radius 1 is 1.20 bits per heavy atom. The molecule has 0 saturated carbocycles. The molecule has 0 amide bonds. The smallest absolute Gasteiger partial charge is 0.191 e. The molecule has 7 heteroatoms. The summed E-state index contributed by atoms with van der Waals surface area (Å²) in [4.78, 5) is 13.2. The van der Waals surface area contributed by atoms with Gasteiger partial charge in [0.2, 0.25) is 0 Å². The molecule has 160 valence electrons. The zero-order chi connectivity index (χ0) is 20.9. The van der Waals surface area contributed by atoms with Gasteiger partial charge in [-0.1, -0.05) is 25.1 Å². The summed E-state index contributed by atoms with van der Waals surface area (Å²) >= 11 is 1.84. The van der Waals surface area contributed by atoms with Crippen molar-refractivity contribution in [1.82, 2.24) is 25.1 Å². The Morgan fingerprint density at radius 3 is 2.70 bits per heavy atom. The number of nitrogens with zero attached hydrogens (tertiary/aromatic N) is 4. The van der Waals surface area contributed by atoms with Gasteiger partial charge in [0.25, 0.3) is 0 Å². The van der Waals surface area contributed by atoms with Crippen molar-refractivity contribution in [3.63, 3.8) is 0 Å². The lowest BCUT2D eigenvalue weighted by atomic mass is 9.97. The first-order chi connectivity index (χ1) is 14.7. The third kappa shape index (κ3) is 4.68. The van der Waals surface area contributed by atoms with E-state index in [0.717, 1.165) is 48.4 Å². The van der Waals surface area contributed by atoms with Crippen molar-refractivity contribution >= 4 is 28.3 Å². The maximum absolute atomic E-state index is 4.75. The predicted molar refractivity (Wildman–Crippen MR) is 126 cm³/mol. The summed E-state index contributed by atoms with van der Waals surface area (Å²) in [6, 6.07) is 13.0. The molecule has 30 heavy (non-hydrogen) atoms. The Kier molecular flexibility index (Phi) is 6.69. The van der Waals surface area contributed by atoms with E-state index in [4.69, 9.17) is 4.98 Å². The number of piperidine rings is 1. The minimum atomic E-state index is 0.381. The van der Waals surface area contributed by atoms with Crippen LogP contribution in [0.15, 0.2) is 46.8 Å². The van der Waals surface area contributed by atoms with Crippen LogP contribution in [0.1, 0.15) is 36.5 Å². The van der Waals surface area contributed by atoms with Gasteiger partial charge in [0, 0.05) is 25.5 Å².